The normalized spacial score (nSPS) is 13.0. The molecular formula is C8H11ClN2. The Kier molecular flexibility index (Phi) is 2.85. The Hall–Kier alpha value is -0.600. The lowest BCUT2D eigenvalue weighted by Gasteiger charge is -2.06. The van der Waals surface area contributed by atoms with E-state index in [2.05, 4.69) is 4.98 Å². The summed E-state index contributed by atoms with van der Waals surface area (Å²) < 4.78 is 0. The second-order valence-corrected chi connectivity index (χ2v) is 2.85. The molecule has 2 nitrogen and oxygen atoms in total. The van der Waals surface area contributed by atoms with Gasteiger partial charge in [0, 0.05) is 12.2 Å². The molecule has 1 heterocycles. The third-order valence-corrected chi connectivity index (χ3v) is 1.79. The van der Waals surface area contributed by atoms with E-state index in [1.807, 2.05) is 13.0 Å². The van der Waals surface area contributed by atoms with E-state index >= 15 is 0 Å². The molecule has 0 bridgehead atoms. The fraction of sp³-hybridized carbons (Fsp3) is 0.375. The van der Waals surface area contributed by atoms with E-state index in [1.165, 1.54) is 0 Å². The van der Waals surface area contributed by atoms with Gasteiger partial charge in [0.05, 0.1) is 10.7 Å². The fourth-order valence-corrected chi connectivity index (χ4v) is 0.928. The van der Waals surface area contributed by atoms with E-state index in [1.54, 1.807) is 12.3 Å². The van der Waals surface area contributed by atoms with E-state index < -0.39 is 0 Å². The van der Waals surface area contributed by atoms with Crippen LogP contribution in [0.1, 0.15) is 25.1 Å². The highest BCUT2D eigenvalue weighted by Crippen LogP contribution is 2.12. The largest absolute Gasteiger partial charge is 0.323 e. The lowest BCUT2D eigenvalue weighted by atomic mass is 10.1. The van der Waals surface area contributed by atoms with E-state index in [4.69, 9.17) is 17.3 Å². The van der Waals surface area contributed by atoms with Crippen molar-refractivity contribution in [3.63, 3.8) is 0 Å². The highest BCUT2D eigenvalue weighted by atomic mass is 35.5. The number of hydrogen-bond acceptors (Lipinski definition) is 2. The van der Waals surface area contributed by atoms with Crippen molar-refractivity contribution in [2.75, 3.05) is 0 Å². The molecule has 1 rings (SSSR count). The Labute approximate surface area is 71.4 Å². The standard InChI is InChI=1S/C8H11ClN2/c1-2-7(10)8-4-3-6(9)5-11-8/h3-5,7H,2,10H2,1H3/t7-/m1/s1. The van der Waals surface area contributed by atoms with Crippen LogP contribution < -0.4 is 5.73 Å². The summed E-state index contributed by atoms with van der Waals surface area (Å²) in [6.45, 7) is 2.03. The van der Waals surface area contributed by atoms with Gasteiger partial charge in [-0.2, -0.15) is 0 Å². The van der Waals surface area contributed by atoms with Crippen molar-refractivity contribution in [1.82, 2.24) is 4.98 Å². The highest BCUT2D eigenvalue weighted by Gasteiger charge is 2.02. The zero-order chi connectivity index (χ0) is 8.27. The minimum atomic E-state index is 0.0345. The van der Waals surface area contributed by atoms with E-state index in [-0.39, 0.29) is 6.04 Å². The van der Waals surface area contributed by atoms with Crippen molar-refractivity contribution in [2.24, 2.45) is 5.73 Å². The number of pyridine rings is 1. The van der Waals surface area contributed by atoms with Crippen LogP contribution in [0.2, 0.25) is 5.02 Å². The van der Waals surface area contributed by atoms with E-state index in [9.17, 15) is 0 Å². The summed E-state index contributed by atoms with van der Waals surface area (Å²) in [4.78, 5) is 4.09. The topological polar surface area (TPSA) is 38.9 Å². The Bertz CT molecular complexity index is 220. The second-order valence-electron chi connectivity index (χ2n) is 2.42. The third kappa shape index (κ3) is 2.17. The zero-order valence-corrected chi connectivity index (χ0v) is 7.17. The first-order valence-corrected chi connectivity index (χ1v) is 3.99. The molecule has 0 saturated heterocycles. The van der Waals surface area contributed by atoms with Crippen LogP contribution in [0.3, 0.4) is 0 Å². The predicted octanol–water partition coefficient (Wildman–Crippen LogP) is 2.14. The summed E-state index contributed by atoms with van der Waals surface area (Å²) >= 11 is 5.66. The smallest absolute Gasteiger partial charge is 0.0589 e. The molecule has 1 atom stereocenters. The molecular weight excluding hydrogens is 160 g/mol. The first-order valence-electron chi connectivity index (χ1n) is 3.61. The second kappa shape index (κ2) is 3.69. The minimum absolute atomic E-state index is 0.0345. The molecule has 3 heteroatoms. The maximum absolute atomic E-state index is 5.74. The van der Waals surface area contributed by atoms with Gasteiger partial charge in [0.15, 0.2) is 0 Å². The van der Waals surface area contributed by atoms with Crippen LogP contribution in [0, 0.1) is 0 Å². The van der Waals surface area contributed by atoms with Gasteiger partial charge in [-0.05, 0) is 18.6 Å². The molecule has 0 spiro atoms. The summed E-state index contributed by atoms with van der Waals surface area (Å²) in [6, 6.07) is 3.70. The Morgan fingerprint density at radius 1 is 1.64 bits per heavy atom. The molecule has 0 saturated carbocycles. The van der Waals surface area contributed by atoms with Gasteiger partial charge >= 0.3 is 0 Å². The van der Waals surface area contributed by atoms with Crippen molar-refractivity contribution >= 4 is 11.6 Å². The quantitative estimate of drug-likeness (QED) is 0.739. The molecule has 0 aromatic carbocycles. The Balaban J connectivity index is 2.81. The van der Waals surface area contributed by atoms with E-state index in [0.29, 0.717) is 5.02 Å². The predicted molar refractivity (Wildman–Crippen MR) is 46.5 cm³/mol. The summed E-state index contributed by atoms with van der Waals surface area (Å²) in [5.74, 6) is 0. The van der Waals surface area contributed by atoms with Gasteiger partial charge in [0.25, 0.3) is 0 Å². The lowest BCUT2D eigenvalue weighted by molar-refractivity contribution is 0.675. The SMILES string of the molecule is CC[C@@H](N)c1ccc(Cl)cn1. The van der Waals surface area contributed by atoms with Crippen LogP contribution in [-0.2, 0) is 0 Å². The molecule has 60 valence electrons. The molecule has 0 aliphatic rings. The number of nitrogens with zero attached hydrogens (tertiary/aromatic N) is 1. The third-order valence-electron chi connectivity index (χ3n) is 1.57. The average molecular weight is 171 g/mol. The van der Waals surface area contributed by atoms with Crippen molar-refractivity contribution < 1.29 is 0 Å². The van der Waals surface area contributed by atoms with Crippen molar-refractivity contribution in [2.45, 2.75) is 19.4 Å². The summed E-state index contributed by atoms with van der Waals surface area (Å²) in [5.41, 5.74) is 6.64. The van der Waals surface area contributed by atoms with Crippen LogP contribution >= 0.6 is 11.6 Å². The van der Waals surface area contributed by atoms with Gasteiger partial charge in [-0.1, -0.05) is 18.5 Å². The highest BCUT2D eigenvalue weighted by molar-refractivity contribution is 6.30. The van der Waals surface area contributed by atoms with Gasteiger partial charge in [-0.3, -0.25) is 4.98 Å². The van der Waals surface area contributed by atoms with Gasteiger partial charge in [-0.25, -0.2) is 0 Å². The van der Waals surface area contributed by atoms with Gasteiger partial charge in [0.2, 0.25) is 0 Å². The molecule has 11 heavy (non-hydrogen) atoms. The van der Waals surface area contributed by atoms with Crippen LogP contribution in [0.4, 0.5) is 0 Å². The van der Waals surface area contributed by atoms with Crippen molar-refractivity contribution in [3.05, 3.63) is 29.0 Å². The van der Waals surface area contributed by atoms with E-state index in [0.717, 1.165) is 12.1 Å². The van der Waals surface area contributed by atoms with Crippen molar-refractivity contribution in [1.29, 1.82) is 0 Å². The van der Waals surface area contributed by atoms with Crippen LogP contribution in [-0.4, -0.2) is 4.98 Å². The van der Waals surface area contributed by atoms with Crippen molar-refractivity contribution in [3.8, 4) is 0 Å². The van der Waals surface area contributed by atoms with Crippen LogP contribution in [0.25, 0.3) is 0 Å². The number of rotatable bonds is 2. The molecule has 0 radical (unpaired) electrons. The first-order chi connectivity index (χ1) is 5.24. The van der Waals surface area contributed by atoms with Gasteiger partial charge in [0.1, 0.15) is 0 Å². The number of nitrogens with two attached hydrogens (primary N) is 1. The molecule has 0 aliphatic carbocycles. The number of aromatic nitrogens is 1. The maximum Gasteiger partial charge on any atom is 0.0589 e. The molecule has 0 aliphatic heterocycles. The molecule has 1 aromatic heterocycles. The number of hydrogen-bond donors (Lipinski definition) is 1. The lowest BCUT2D eigenvalue weighted by Crippen LogP contribution is -2.09. The summed E-state index contributed by atoms with van der Waals surface area (Å²) in [7, 11) is 0. The van der Waals surface area contributed by atoms with Gasteiger partial charge < -0.3 is 5.73 Å². The summed E-state index contributed by atoms with van der Waals surface area (Å²) in [5, 5.41) is 0.650. The molecule has 0 fully saturated rings. The summed E-state index contributed by atoms with van der Waals surface area (Å²) in [6.07, 6.45) is 2.51. The molecule has 2 N–H and O–H groups in total. The molecule has 0 unspecified atom stereocenters. The molecule has 1 aromatic rings. The average Bonchev–Trinajstić information content (AvgIpc) is 2.05. The minimum Gasteiger partial charge on any atom is -0.323 e. The van der Waals surface area contributed by atoms with Gasteiger partial charge in [-0.15, -0.1) is 0 Å². The zero-order valence-electron chi connectivity index (χ0n) is 6.42. The van der Waals surface area contributed by atoms with Crippen LogP contribution in [0.15, 0.2) is 18.3 Å². The fourth-order valence-electron chi connectivity index (χ4n) is 0.816. The molecule has 0 amide bonds. The Morgan fingerprint density at radius 2 is 2.36 bits per heavy atom. The monoisotopic (exact) mass is 170 g/mol. The number of halogens is 1. The Morgan fingerprint density at radius 3 is 2.82 bits per heavy atom. The van der Waals surface area contributed by atoms with Crippen LogP contribution in [0.5, 0.6) is 0 Å². The first kappa shape index (κ1) is 8.50. The maximum atomic E-state index is 5.74.